The van der Waals surface area contributed by atoms with Crippen LogP contribution in [0.2, 0.25) is 0 Å². The van der Waals surface area contributed by atoms with E-state index in [2.05, 4.69) is 0 Å². The molecule has 5 nitrogen and oxygen atoms in total. The van der Waals surface area contributed by atoms with Crippen molar-refractivity contribution in [2.24, 2.45) is 0 Å². The molecule has 0 amide bonds. The zero-order valence-electron chi connectivity index (χ0n) is 13.7. The van der Waals surface area contributed by atoms with Gasteiger partial charge >= 0.3 is 11.9 Å². The molecule has 2 aromatic carbocycles. The Hall–Kier alpha value is -2.82. The lowest BCUT2D eigenvalue weighted by Gasteiger charge is -2.10. The van der Waals surface area contributed by atoms with Gasteiger partial charge in [-0.25, -0.2) is 9.59 Å². The van der Waals surface area contributed by atoms with Crippen LogP contribution in [-0.4, -0.2) is 18.5 Å². The first-order chi connectivity index (χ1) is 11.6. The third-order valence-corrected chi connectivity index (χ3v) is 3.47. The number of rotatable bonds is 7. The second-order valence-corrected chi connectivity index (χ2v) is 5.34. The van der Waals surface area contributed by atoms with E-state index in [0.29, 0.717) is 29.0 Å². The quantitative estimate of drug-likeness (QED) is 0.478. The van der Waals surface area contributed by atoms with Crippen LogP contribution >= 0.6 is 0 Å². The third-order valence-electron chi connectivity index (χ3n) is 3.47. The fraction of sp³-hybridized carbons (Fsp3) is 0.263. The molecule has 2 rings (SSSR count). The number of anilines is 1. The molecule has 0 spiro atoms. The van der Waals surface area contributed by atoms with Gasteiger partial charge in [0.05, 0.1) is 17.7 Å². The minimum Gasteiger partial charge on any atom is -0.462 e. The van der Waals surface area contributed by atoms with Crippen molar-refractivity contribution < 1.29 is 19.1 Å². The lowest BCUT2D eigenvalue weighted by molar-refractivity contribution is 0.0442. The van der Waals surface area contributed by atoms with Gasteiger partial charge in [0, 0.05) is 11.3 Å². The maximum Gasteiger partial charge on any atom is 0.338 e. The average molecular weight is 327 g/mol. The molecule has 0 atom stereocenters. The number of hydrogen-bond acceptors (Lipinski definition) is 5. The number of carbonyl (C=O) groups excluding carboxylic acids is 2. The van der Waals surface area contributed by atoms with Gasteiger partial charge in [0.2, 0.25) is 0 Å². The van der Waals surface area contributed by atoms with E-state index in [4.69, 9.17) is 15.2 Å². The molecule has 5 heteroatoms. The number of esters is 2. The standard InChI is InChI=1S/C19H21NO4/c1-2-3-12-23-19(22)17-7-5-4-6-15(17)13-24-18(21)14-8-10-16(20)11-9-14/h4-11H,2-3,12-13,20H2,1H3. The summed E-state index contributed by atoms with van der Waals surface area (Å²) in [4.78, 5) is 24.2. The molecule has 0 heterocycles. The Morgan fingerprint density at radius 1 is 0.958 bits per heavy atom. The average Bonchev–Trinajstić information content (AvgIpc) is 2.60. The van der Waals surface area contributed by atoms with Crippen molar-refractivity contribution in [1.82, 2.24) is 0 Å². The molecule has 0 aliphatic rings. The summed E-state index contributed by atoms with van der Waals surface area (Å²) in [5.74, 6) is -0.869. The molecule has 0 aromatic heterocycles. The van der Waals surface area contributed by atoms with Gasteiger partial charge in [-0.15, -0.1) is 0 Å². The van der Waals surface area contributed by atoms with Gasteiger partial charge in [0.1, 0.15) is 6.61 Å². The van der Waals surface area contributed by atoms with Crippen molar-refractivity contribution in [2.75, 3.05) is 12.3 Å². The Labute approximate surface area is 141 Å². The van der Waals surface area contributed by atoms with E-state index in [0.717, 1.165) is 12.8 Å². The van der Waals surface area contributed by atoms with Gasteiger partial charge in [0.25, 0.3) is 0 Å². The van der Waals surface area contributed by atoms with Gasteiger partial charge in [0.15, 0.2) is 0 Å². The van der Waals surface area contributed by atoms with Crippen LogP contribution in [0.4, 0.5) is 5.69 Å². The van der Waals surface area contributed by atoms with Crippen LogP contribution in [-0.2, 0) is 16.1 Å². The fourth-order valence-corrected chi connectivity index (χ4v) is 2.08. The highest BCUT2D eigenvalue weighted by Crippen LogP contribution is 2.14. The second-order valence-electron chi connectivity index (χ2n) is 5.34. The van der Waals surface area contributed by atoms with Gasteiger partial charge < -0.3 is 15.2 Å². The summed E-state index contributed by atoms with van der Waals surface area (Å²) >= 11 is 0. The normalized spacial score (nSPS) is 10.2. The molecule has 0 aliphatic heterocycles. The van der Waals surface area contributed by atoms with Crippen LogP contribution in [0, 0.1) is 0 Å². The molecular weight excluding hydrogens is 306 g/mol. The van der Waals surface area contributed by atoms with Crippen LogP contribution < -0.4 is 5.73 Å². The Morgan fingerprint density at radius 3 is 2.38 bits per heavy atom. The van der Waals surface area contributed by atoms with E-state index in [-0.39, 0.29) is 6.61 Å². The SMILES string of the molecule is CCCCOC(=O)c1ccccc1COC(=O)c1ccc(N)cc1. The third kappa shape index (κ3) is 4.84. The number of ether oxygens (including phenoxy) is 2. The first-order valence-corrected chi connectivity index (χ1v) is 7.89. The van der Waals surface area contributed by atoms with Crippen molar-refractivity contribution in [2.45, 2.75) is 26.4 Å². The van der Waals surface area contributed by atoms with Crippen molar-refractivity contribution >= 4 is 17.6 Å². The van der Waals surface area contributed by atoms with Crippen LogP contribution in [0.25, 0.3) is 0 Å². The summed E-state index contributed by atoms with van der Waals surface area (Å²) in [6, 6.07) is 13.4. The summed E-state index contributed by atoms with van der Waals surface area (Å²) in [5.41, 5.74) is 7.61. The molecule has 2 aromatic rings. The predicted molar refractivity (Wildman–Crippen MR) is 91.6 cm³/mol. The van der Waals surface area contributed by atoms with Gasteiger partial charge in [-0.05, 0) is 36.8 Å². The zero-order chi connectivity index (χ0) is 17.4. The van der Waals surface area contributed by atoms with Crippen LogP contribution in [0.5, 0.6) is 0 Å². The molecule has 24 heavy (non-hydrogen) atoms. The highest BCUT2D eigenvalue weighted by atomic mass is 16.5. The molecule has 126 valence electrons. The Balaban J connectivity index is 2.00. The molecule has 0 aliphatic carbocycles. The minimum atomic E-state index is -0.468. The maximum absolute atomic E-state index is 12.1. The van der Waals surface area contributed by atoms with Crippen LogP contribution in [0.15, 0.2) is 48.5 Å². The van der Waals surface area contributed by atoms with Crippen molar-refractivity contribution in [1.29, 1.82) is 0 Å². The summed E-state index contributed by atoms with van der Waals surface area (Å²) in [6.45, 7) is 2.41. The topological polar surface area (TPSA) is 78.6 Å². The Bertz CT molecular complexity index is 695. The number of unbranched alkanes of at least 4 members (excludes halogenated alkanes) is 1. The molecule has 2 N–H and O–H groups in total. The minimum absolute atomic E-state index is 0.00224. The van der Waals surface area contributed by atoms with E-state index in [1.807, 2.05) is 6.92 Å². The molecular formula is C19H21NO4. The van der Waals surface area contributed by atoms with E-state index < -0.39 is 11.9 Å². The van der Waals surface area contributed by atoms with E-state index in [1.54, 1.807) is 48.5 Å². The molecule has 0 unspecified atom stereocenters. The molecule has 0 saturated heterocycles. The van der Waals surface area contributed by atoms with Crippen LogP contribution in [0.3, 0.4) is 0 Å². The monoisotopic (exact) mass is 327 g/mol. The van der Waals surface area contributed by atoms with Crippen LogP contribution in [0.1, 0.15) is 46.0 Å². The highest BCUT2D eigenvalue weighted by molar-refractivity contribution is 5.92. The van der Waals surface area contributed by atoms with Gasteiger partial charge in [-0.1, -0.05) is 31.5 Å². The Kier molecular flexibility index (Phi) is 6.37. The highest BCUT2D eigenvalue weighted by Gasteiger charge is 2.14. The maximum atomic E-state index is 12.1. The molecule has 0 radical (unpaired) electrons. The van der Waals surface area contributed by atoms with E-state index >= 15 is 0 Å². The predicted octanol–water partition coefficient (Wildman–Crippen LogP) is 3.58. The second kappa shape index (κ2) is 8.72. The van der Waals surface area contributed by atoms with Gasteiger partial charge in [-0.2, -0.15) is 0 Å². The number of nitrogen functional groups attached to an aromatic ring is 1. The van der Waals surface area contributed by atoms with Crippen molar-refractivity contribution in [3.8, 4) is 0 Å². The van der Waals surface area contributed by atoms with Crippen molar-refractivity contribution in [3.63, 3.8) is 0 Å². The lowest BCUT2D eigenvalue weighted by atomic mass is 10.1. The summed E-state index contributed by atoms with van der Waals surface area (Å²) in [6.07, 6.45) is 1.77. The summed E-state index contributed by atoms with van der Waals surface area (Å²) < 4.78 is 10.5. The summed E-state index contributed by atoms with van der Waals surface area (Å²) in [7, 11) is 0. The van der Waals surface area contributed by atoms with E-state index in [1.165, 1.54) is 0 Å². The smallest absolute Gasteiger partial charge is 0.338 e. The molecule has 0 saturated carbocycles. The van der Waals surface area contributed by atoms with E-state index in [9.17, 15) is 9.59 Å². The number of nitrogens with two attached hydrogens (primary N) is 1. The lowest BCUT2D eigenvalue weighted by Crippen LogP contribution is -2.12. The number of benzene rings is 2. The van der Waals surface area contributed by atoms with Crippen molar-refractivity contribution in [3.05, 3.63) is 65.2 Å². The first kappa shape index (κ1) is 17.5. The largest absolute Gasteiger partial charge is 0.462 e. The summed E-state index contributed by atoms with van der Waals surface area (Å²) in [5, 5.41) is 0. The Morgan fingerprint density at radius 2 is 1.67 bits per heavy atom. The molecule has 0 bridgehead atoms. The fourth-order valence-electron chi connectivity index (χ4n) is 2.08. The van der Waals surface area contributed by atoms with Gasteiger partial charge in [-0.3, -0.25) is 0 Å². The number of carbonyl (C=O) groups is 2. The number of hydrogen-bond donors (Lipinski definition) is 1. The molecule has 0 fully saturated rings. The zero-order valence-corrected chi connectivity index (χ0v) is 13.7. The first-order valence-electron chi connectivity index (χ1n) is 7.89.